The first kappa shape index (κ1) is 26.2. The lowest BCUT2D eigenvalue weighted by Gasteiger charge is -2.32. The van der Waals surface area contributed by atoms with E-state index >= 15 is 0 Å². The van der Waals surface area contributed by atoms with Gasteiger partial charge in [-0.2, -0.15) is 0 Å². The summed E-state index contributed by atoms with van der Waals surface area (Å²) in [6.07, 6.45) is 2.56. The van der Waals surface area contributed by atoms with E-state index in [2.05, 4.69) is 10.0 Å². The maximum atomic E-state index is 13.5. The number of carbonyl (C=O) groups excluding carboxylic acids is 2. The zero-order valence-corrected chi connectivity index (χ0v) is 21.0. The van der Waals surface area contributed by atoms with Gasteiger partial charge in [0.15, 0.2) is 0 Å². The number of nitrogens with one attached hydrogen (secondary N) is 2. The van der Waals surface area contributed by atoms with Crippen molar-refractivity contribution in [1.29, 1.82) is 0 Å². The van der Waals surface area contributed by atoms with Crippen LogP contribution in [0.1, 0.15) is 36.7 Å². The molecule has 35 heavy (non-hydrogen) atoms. The first-order chi connectivity index (χ1) is 16.7. The second-order valence-corrected chi connectivity index (χ2v) is 10.1. The molecular formula is C26H31N3O5S. The maximum absolute atomic E-state index is 13.5. The van der Waals surface area contributed by atoms with E-state index in [9.17, 15) is 18.0 Å². The van der Waals surface area contributed by atoms with Gasteiger partial charge < -0.3 is 9.73 Å². The van der Waals surface area contributed by atoms with E-state index in [0.29, 0.717) is 24.3 Å². The van der Waals surface area contributed by atoms with E-state index < -0.39 is 28.5 Å². The molecular weight excluding hydrogens is 466 g/mol. The molecule has 3 aromatic rings. The third kappa shape index (κ3) is 6.80. The van der Waals surface area contributed by atoms with Crippen molar-refractivity contribution in [2.75, 3.05) is 11.4 Å². The molecule has 9 heteroatoms. The van der Waals surface area contributed by atoms with Crippen LogP contribution in [0.15, 0.2) is 76.2 Å². The second kappa shape index (κ2) is 11.8. The normalized spacial score (nSPS) is 12.2. The first-order valence-electron chi connectivity index (χ1n) is 11.5. The largest absolute Gasteiger partial charge is 0.467 e. The zero-order valence-electron chi connectivity index (χ0n) is 20.2. The van der Waals surface area contributed by atoms with E-state index in [0.717, 1.165) is 11.1 Å². The maximum Gasteiger partial charge on any atom is 0.243 e. The minimum absolute atomic E-state index is 0.0622. The van der Waals surface area contributed by atoms with Crippen LogP contribution in [0.2, 0.25) is 0 Å². The Morgan fingerprint density at radius 3 is 2.40 bits per heavy atom. The Morgan fingerprint density at radius 2 is 1.77 bits per heavy atom. The van der Waals surface area contributed by atoms with Gasteiger partial charge in [-0.05, 0) is 56.2 Å². The van der Waals surface area contributed by atoms with E-state index in [1.54, 1.807) is 36.4 Å². The molecule has 0 saturated heterocycles. The molecule has 1 unspecified atom stereocenters. The third-order valence-electron chi connectivity index (χ3n) is 5.54. The van der Waals surface area contributed by atoms with Crippen molar-refractivity contribution in [2.24, 2.45) is 0 Å². The van der Waals surface area contributed by atoms with Gasteiger partial charge in [-0.25, -0.2) is 13.1 Å². The van der Waals surface area contributed by atoms with Crippen LogP contribution in [0.25, 0.3) is 0 Å². The van der Waals surface area contributed by atoms with Crippen LogP contribution in [0.5, 0.6) is 0 Å². The molecule has 0 fully saturated rings. The second-order valence-electron chi connectivity index (χ2n) is 8.29. The molecule has 0 bridgehead atoms. The van der Waals surface area contributed by atoms with Gasteiger partial charge in [0.2, 0.25) is 21.8 Å². The van der Waals surface area contributed by atoms with Gasteiger partial charge >= 0.3 is 0 Å². The highest BCUT2D eigenvalue weighted by molar-refractivity contribution is 7.89. The molecule has 0 aliphatic carbocycles. The fraction of sp³-hybridized carbons (Fsp3) is 0.308. The Labute approximate surface area is 206 Å². The van der Waals surface area contributed by atoms with Crippen LogP contribution in [0, 0.1) is 13.8 Å². The van der Waals surface area contributed by atoms with Crippen LogP contribution < -0.4 is 14.9 Å². The minimum Gasteiger partial charge on any atom is -0.467 e. The number of benzene rings is 2. The van der Waals surface area contributed by atoms with Gasteiger partial charge in [-0.3, -0.25) is 14.5 Å². The van der Waals surface area contributed by atoms with Crippen LogP contribution in [0.4, 0.5) is 5.69 Å². The Hall–Kier alpha value is -3.43. The van der Waals surface area contributed by atoms with Gasteiger partial charge in [-0.15, -0.1) is 0 Å². The van der Waals surface area contributed by atoms with Crippen molar-refractivity contribution in [2.45, 2.75) is 51.1 Å². The summed E-state index contributed by atoms with van der Waals surface area (Å²) in [4.78, 5) is 28.2. The molecule has 8 nitrogen and oxygen atoms in total. The smallest absolute Gasteiger partial charge is 0.243 e. The predicted octanol–water partition coefficient (Wildman–Crippen LogP) is 3.69. The van der Waals surface area contributed by atoms with Crippen LogP contribution >= 0.6 is 0 Å². The molecule has 186 valence electrons. The van der Waals surface area contributed by atoms with Crippen molar-refractivity contribution in [3.05, 3.63) is 83.8 Å². The molecule has 0 saturated carbocycles. The highest BCUT2D eigenvalue weighted by Crippen LogP contribution is 2.26. The monoisotopic (exact) mass is 497 g/mol. The lowest BCUT2D eigenvalue weighted by molar-refractivity contribution is -0.126. The first-order valence-corrected chi connectivity index (χ1v) is 13.0. The molecule has 0 aliphatic heterocycles. The molecule has 0 aliphatic rings. The van der Waals surface area contributed by atoms with Crippen molar-refractivity contribution in [3.63, 3.8) is 0 Å². The molecule has 2 amide bonds. The van der Waals surface area contributed by atoms with E-state index in [1.807, 2.05) is 32.9 Å². The SMILES string of the molecule is CCCC(C(=O)NCc1ccco1)N(C(=O)CNS(=O)(=O)c1ccccc1)c1ccc(C)cc1C. The number of aryl methyl sites for hydroxylation is 2. The number of nitrogens with zero attached hydrogens (tertiary/aromatic N) is 1. The minimum atomic E-state index is -3.90. The van der Waals surface area contributed by atoms with Gasteiger partial charge in [0.1, 0.15) is 11.8 Å². The van der Waals surface area contributed by atoms with Crippen molar-refractivity contribution >= 4 is 27.5 Å². The summed E-state index contributed by atoms with van der Waals surface area (Å²) in [6, 6.07) is 16.1. The molecule has 2 aromatic carbocycles. The van der Waals surface area contributed by atoms with E-state index in [1.165, 1.54) is 23.3 Å². The zero-order chi connectivity index (χ0) is 25.4. The van der Waals surface area contributed by atoms with Crippen molar-refractivity contribution in [3.8, 4) is 0 Å². The summed E-state index contributed by atoms with van der Waals surface area (Å²) in [5, 5.41) is 2.84. The quantitative estimate of drug-likeness (QED) is 0.420. The number of hydrogen-bond acceptors (Lipinski definition) is 5. The van der Waals surface area contributed by atoms with Gasteiger partial charge in [0, 0.05) is 5.69 Å². The van der Waals surface area contributed by atoms with Crippen LogP contribution in [-0.2, 0) is 26.2 Å². The lowest BCUT2D eigenvalue weighted by Crippen LogP contribution is -2.52. The average Bonchev–Trinajstić information content (AvgIpc) is 3.36. The Morgan fingerprint density at radius 1 is 1.03 bits per heavy atom. The standard InChI is InChI=1S/C26H31N3O5S/c1-4-9-24(26(31)27-17-21-10-8-15-34-21)29(23-14-13-19(2)16-20(23)3)25(30)18-28-35(32,33)22-11-6-5-7-12-22/h5-8,10-16,24,28H,4,9,17-18H2,1-3H3,(H,27,31). The molecule has 1 atom stereocenters. The molecule has 2 N–H and O–H groups in total. The van der Waals surface area contributed by atoms with Gasteiger partial charge in [0.25, 0.3) is 0 Å². The highest BCUT2D eigenvalue weighted by Gasteiger charge is 2.32. The van der Waals surface area contributed by atoms with Crippen LogP contribution in [-0.4, -0.2) is 32.8 Å². The number of hydrogen-bond donors (Lipinski definition) is 2. The van der Waals surface area contributed by atoms with Gasteiger partial charge in [-0.1, -0.05) is 49.2 Å². The summed E-state index contributed by atoms with van der Waals surface area (Å²) >= 11 is 0. The molecule has 1 heterocycles. The highest BCUT2D eigenvalue weighted by atomic mass is 32.2. The lowest BCUT2D eigenvalue weighted by atomic mass is 10.0. The number of anilines is 1. The molecule has 3 rings (SSSR count). The molecule has 0 radical (unpaired) electrons. The van der Waals surface area contributed by atoms with Gasteiger partial charge in [0.05, 0.1) is 24.2 Å². The topological polar surface area (TPSA) is 109 Å². The van der Waals surface area contributed by atoms with Crippen molar-refractivity contribution < 1.29 is 22.4 Å². The summed E-state index contributed by atoms with van der Waals surface area (Å²) in [6.45, 7) is 5.42. The van der Waals surface area contributed by atoms with Crippen LogP contribution in [0.3, 0.4) is 0 Å². The summed E-state index contributed by atoms with van der Waals surface area (Å²) in [7, 11) is -3.90. The van der Waals surface area contributed by atoms with E-state index in [4.69, 9.17) is 4.42 Å². The summed E-state index contributed by atoms with van der Waals surface area (Å²) in [5.74, 6) is -0.279. The summed E-state index contributed by atoms with van der Waals surface area (Å²) < 4.78 is 33.1. The number of carbonyl (C=O) groups is 2. The number of amides is 2. The Kier molecular flexibility index (Phi) is 8.84. The fourth-order valence-corrected chi connectivity index (χ4v) is 4.83. The van der Waals surface area contributed by atoms with Crippen molar-refractivity contribution in [1.82, 2.24) is 10.0 Å². The molecule has 1 aromatic heterocycles. The average molecular weight is 498 g/mol. The summed E-state index contributed by atoms with van der Waals surface area (Å²) in [5.41, 5.74) is 2.38. The number of rotatable bonds is 11. The number of furan rings is 1. The fourth-order valence-electron chi connectivity index (χ4n) is 3.83. The molecule has 0 spiro atoms. The Balaban J connectivity index is 1.89. The predicted molar refractivity (Wildman–Crippen MR) is 134 cm³/mol. The third-order valence-corrected chi connectivity index (χ3v) is 6.96. The van der Waals surface area contributed by atoms with E-state index in [-0.39, 0.29) is 17.3 Å². The number of sulfonamides is 1. The Bertz CT molecular complexity index is 1240.